The second-order valence-corrected chi connectivity index (χ2v) is 4.11. The molecule has 0 saturated carbocycles. The summed E-state index contributed by atoms with van der Waals surface area (Å²) in [5.41, 5.74) is 0. The molecule has 84 valence electrons. The molecule has 0 aliphatic heterocycles. The van der Waals surface area contributed by atoms with Gasteiger partial charge in [0.15, 0.2) is 0 Å². The lowest BCUT2D eigenvalue weighted by Crippen LogP contribution is -2.24. The number of likely N-dealkylation sites (N-methyl/N-ethyl adjacent to an activating group) is 1. The van der Waals surface area contributed by atoms with Gasteiger partial charge in [0.05, 0.1) is 17.7 Å². The van der Waals surface area contributed by atoms with Crippen LogP contribution in [-0.2, 0) is 4.74 Å². The Morgan fingerprint density at radius 2 is 2.20 bits per heavy atom. The van der Waals surface area contributed by atoms with Crippen molar-refractivity contribution >= 4 is 17.4 Å². The minimum atomic E-state index is 0.275. The van der Waals surface area contributed by atoms with Crippen molar-refractivity contribution in [2.45, 2.75) is 20.0 Å². The summed E-state index contributed by atoms with van der Waals surface area (Å²) in [5.74, 6) is 0.909. The Balaban J connectivity index is 2.40. The monoisotopic (exact) mass is 228 g/mol. The van der Waals surface area contributed by atoms with E-state index in [0.717, 1.165) is 12.4 Å². The molecule has 0 fully saturated rings. The summed E-state index contributed by atoms with van der Waals surface area (Å²) < 4.78 is 5.46. The summed E-state index contributed by atoms with van der Waals surface area (Å²) in [6, 6.07) is 3.74. The van der Waals surface area contributed by atoms with Crippen molar-refractivity contribution in [3.05, 3.63) is 23.4 Å². The van der Waals surface area contributed by atoms with Crippen LogP contribution in [0.25, 0.3) is 0 Å². The number of rotatable bonds is 5. The summed E-state index contributed by atoms with van der Waals surface area (Å²) >= 11 is 5.76. The predicted octanol–water partition coefficient (Wildman–Crippen LogP) is 2.60. The smallest absolute Gasteiger partial charge is 0.128 e. The van der Waals surface area contributed by atoms with Crippen LogP contribution >= 0.6 is 11.6 Å². The zero-order valence-corrected chi connectivity index (χ0v) is 10.2. The lowest BCUT2D eigenvalue weighted by atomic mass is 10.4. The Kier molecular flexibility index (Phi) is 4.85. The topological polar surface area (TPSA) is 25.4 Å². The Labute approximate surface area is 96.0 Å². The number of pyridine rings is 1. The van der Waals surface area contributed by atoms with Crippen LogP contribution in [0.1, 0.15) is 13.8 Å². The van der Waals surface area contributed by atoms with Crippen molar-refractivity contribution in [3.8, 4) is 0 Å². The average Bonchev–Trinajstić information content (AvgIpc) is 2.18. The van der Waals surface area contributed by atoms with Crippen LogP contribution in [0.3, 0.4) is 0 Å². The highest BCUT2D eigenvalue weighted by molar-refractivity contribution is 6.30. The average molecular weight is 229 g/mol. The minimum Gasteiger partial charge on any atom is -0.377 e. The molecule has 4 heteroatoms. The van der Waals surface area contributed by atoms with E-state index in [1.807, 2.05) is 37.9 Å². The first-order chi connectivity index (χ1) is 7.09. The second kappa shape index (κ2) is 5.93. The van der Waals surface area contributed by atoms with Gasteiger partial charge in [0, 0.05) is 19.8 Å². The first-order valence-electron chi connectivity index (χ1n) is 5.04. The molecule has 0 aromatic carbocycles. The molecular weight excluding hydrogens is 212 g/mol. The number of hydrogen-bond acceptors (Lipinski definition) is 3. The van der Waals surface area contributed by atoms with Crippen molar-refractivity contribution in [2.75, 3.05) is 25.1 Å². The number of ether oxygens (including phenoxy) is 1. The zero-order valence-electron chi connectivity index (χ0n) is 9.40. The van der Waals surface area contributed by atoms with Crippen LogP contribution in [-0.4, -0.2) is 31.3 Å². The Bertz CT molecular complexity index is 287. The third-order valence-corrected chi connectivity index (χ3v) is 2.20. The van der Waals surface area contributed by atoms with E-state index in [1.54, 1.807) is 6.20 Å². The highest BCUT2D eigenvalue weighted by atomic mass is 35.5. The lowest BCUT2D eigenvalue weighted by molar-refractivity contribution is 0.0845. The molecule has 3 nitrogen and oxygen atoms in total. The van der Waals surface area contributed by atoms with Gasteiger partial charge in [0.1, 0.15) is 5.82 Å². The Morgan fingerprint density at radius 3 is 2.73 bits per heavy atom. The molecule has 0 bridgehead atoms. The van der Waals surface area contributed by atoms with Gasteiger partial charge >= 0.3 is 0 Å². The van der Waals surface area contributed by atoms with Crippen LogP contribution in [0.5, 0.6) is 0 Å². The summed E-state index contributed by atoms with van der Waals surface area (Å²) in [5, 5.41) is 0.658. The quantitative estimate of drug-likeness (QED) is 0.775. The van der Waals surface area contributed by atoms with Gasteiger partial charge in [0.25, 0.3) is 0 Å². The van der Waals surface area contributed by atoms with Gasteiger partial charge in [-0.25, -0.2) is 4.98 Å². The number of hydrogen-bond donors (Lipinski definition) is 0. The van der Waals surface area contributed by atoms with Crippen LogP contribution in [0, 0.1) is 0 Å². The zero-order chi connectivity index (χ0) is 11.3. The maximum Gasteiger partial charge on any atom is 0.128 e. The molecular formula is C11H17ClN2O. The van der Waals surface area contributed by atoms with Crippen molar-refractivity contribution in [1.82, 2.24) is 4.98 Å². The minimum absolute atomic E-state index is 0.275. The van der Waals surface area contributed by atoms with Crippen LogP contribution in [0.4, 0.5) is 5.82 Å². The highest BCUT2D eigenvalue weighted by Gasteiger charge is 2.02. The maximum absolute atomic E-state index is 5.76. The molecule has 1 aromatic heterocycles. The fourth-order valence-corrected chi connectivity index (χ4v) is 1.25. The van der Waals surface area contributed by atoms with Gasteiger partial charge in [-0.3, -0.25) is 0 Å². The molecule has 1 heterocycles. The van der Waals surface area contributed by atoms with Crippen molar-refractivity contribution < 1.29 is 4.74 Å². The van der Waals surface area contributed by atoms with Crippen molar-refractivity contribution in [3.63, 3.8) is 0 Å². The van der Waals surface area contributed by atoms with Crippen molar-refractivity contribution in [2.24, 2.45) is 0 Å². The van der Waals surface area contributed by atoms with E-state index in [4.69, 9.17) is 16.3 Å². The number of anilines is 1. The molecule has 0 spiro atoms. The fourth-order valence-electron chi connectivity index (χ4n) is 1.13. The van der Waals surface area contributed by atoms with E-state index in [1.165, 1.54) is 0 Å². The van der Waals surface area contributed by atoms with E-state index >= 15 is 0 Å². The van der Waals surface area contributed by atoms with Crippen LogP contribution in [0.15, 0.2) is 18.3 Å². The Hall–Kier alpha value is -0.800. The van der Waals surface area contributed by atoms with Gasteiger partial charge in [-0.05, 0) is 26.0 Å². The lowest BCUT2D eigenvalue weighted by Gasteiger charge is -2.18. The number of halogens is 1. The molecule has 0 unspecified atom stereocenters. The molecule has 0 radical (unpaired) electrons. The molecule has 0 N–H and O–H groups in total. The normalized spacial score (nSPS) is 10.7. The van der Waals surface area contributed by atoms with E-state index in [0.29, 0.717) is 11.6 Å². The molecule has 1 aromatic rings. The first kappa shape index (κ1) is 12.3. The van der Waals surface area contributed by atoms with Gasteiger partial charge in [-0.1, -0.05) is 11.6 Å². The predicted molar refractivity (Wildman–Crippen MR) is 63.6 cm³/mol. The summed E-state index contributed by atoms with van der Waals surface area (Å²) in [6.07, 6.45) is 1.92. The standard InChI is InChI=1S/C11H17ClN2O/c1-9(2)15-7-6-14(3)11-5-4-10(12)8-13-11/h4-5,8-9H,6-7H2,1-3H3. The third-order valence-electron chi connectivity index (χ3n) is 1.98. The molecule has 0 atom stereocenters. The molecule has 0 amide bonds. The van der Waals surface area contributed by atoms with E-state index in [2.05, 4.69) is 4.98 Å². The van der Waals surface area contributed by atoms with Gasteiger partial charge in [0.2, 0.25) is 0 Å². The first-order valence-corrected chi connectivity index (χ1v) is 5.41. The van der Waals surface area contributed by atoms with E-state index in [9.17, 15) is 0 Å². The number of aromatic nitrogens is 1. The van der Waals surface area contributed by atoms with Crippen LogP contribution in [0.2, 0.25) is 5.02 Å². The van der Waals surface area contributed by atoms with Gasteiger partial charge in [-0.2, -0.15) is 0 Å². The SMILES string of the molecule is CC(C)OCCN(C)c1ccc(Cl)cn1. The fraction of sp³-hybridized carbons (Fsp3) is 0.545. The van der Waals surface area contributed by atoms with Crippen molar-refractivity contribution in [1.29, 1.82) is 0 Å². The van der Waals surface area contributed by atoms with Gasteiger partial charge < -0.3 is 9.64 Å². The maximum atomic E-state index is 5.76. The molecule has 0 aliphatic rings. The molecule has 15 heavy (non-hydrogen) atoms. The molecule has 1 rings (SSSR count). The summed E-state index contributed by atoms with van der Waals surface area (Å²) in [4.78, 5) is 6.25. The number of nitrogens with zero attached hydrogens (tertiary/aromatic N) is 2. The molecule has 0 aliphatic carbocycles. The van der Waals surface area contributed by atoms with E-state index in [-0.39, 0.29) is 6.10 Å². The summed E-state index contributed by atoms with van der Waals surface area (Å²) in [7, 11) is 1.99. The Morgan fingerprint density at radius 1 is 1.47 bits per heavy atom. The van der Waals surface area contributed by atoms with E-state index < -0.39 is 0 Å². The largest absolute Gasteiger partial charge is 0.377 e. The molecule has 0 saturated heterocycles. The summed E-state index contributed by atoms with van der Waals surface area (Å²) in [6.45, 7) is 5.59. The van der Waals surface area contributed by atoms with Gasteiger partial charge in [-0.15, -0.1) is 0 Å². The highest BCUT2D eigenvalue weighted by Crippen LogP contribution is 2.12. The second-order valence-electron chi connectivity index (χ2n) is 3.68. The third kappa shape index (κ3) is 4.49. The van der Waals surface area contributed by atoms with Crippen LogP contribution < -0.4 is 4.90 Å².